The van der Waals surface area contributed by atoms with Crippen molar-refractivity contribution >= 4 is 33.3 Å². The Hall–Kier alpha value is -3.40. The van der Waals surface area contributed by atoms with E-state index < -0.39 is 11.6 Å². The minimum absolute atomic E-state index is 0.0146. The lowest BCUT2D eigenvalue weighted by Crippen LogP contribution is -2.49. The molecule has 1 aromatic carbocycles. The Balaban J connectivity index is 1.17. The summed E-state index contributed by atoms with van der Waals surface area (Å²) in [5, 5.41) is 3.04. The highest BCUT2D eigenvalue weighted by molar-refractivity contribution is 7.16. The Morgan fingerprint density at radius 2 is 1.94 bits per heavy atom. The van der Waals surface area contributed by atoms with Crippen LogP contribution in [0.4, 0.5) is 14.6 Å². The fraction of sp³-hybridized carbons (Fsp3) is 0.273. The van der Waals surface area contributed by atoms with Crippen LogP contribution >= 0.6 is 11.3 Å². The first-order chi connectivity index (χ1) is 15.6. The van der Waals surface area contributed by atoms with Gasteiger partial charge in [-0.2, -0.15) is 0 Å². The van der Waals surface area contributed by atoms with E-state index in [1.165, 1.54) is 12.3 Å². The second-order valence-electron chi connectivity index (χ2n) is 7.45. The Bertz CT molecular complexity index is 1270. The number of aromatic nitrogens is 3. The van der Waals surface area contributed by atoms with Crippen LogP contribution in [-0.2, 0) is 11.2 Å². The van der Waals surface area contributed by atoms with E-state index in [0.29, 0.717) is 38.5 Å². The number of rotatable bonds is 5. The van der Waals surface area contributed by atoms with Gasteiger partial charge >= 0.3 is 0 Å². The summed E-state index contributed by atoms with van der Waals surface area (Å²) in [5.41, 5.74) is 0.136. The predicted molar refractivity (Wildman–Crippen MR) is 116 cm³/mol. The summed E-state index contributed by atoms with van der Waals surface area (Å²) in [6.07, 6.45) is 3.52. The van der Waals surface area contributed by atoms with Crippen molar-refractivity contribution in [3.8, 4) is 11.3 Å². The molecule has 1 aliphatic heterocycles. The lowest BCUT2D eigenvalue weighted by Gasteiger charge is -2.35. The molecule has 0 spiro atoms. The van der Waals surface area contributed by atoms with E-state index in [2.05, 4.69) is 19.9 Å². The highest BCUT2D eigenvalue weighted by Gasteiger charge is 2.23. The van der Waals surface area contributed by atoms with Crippen molar-refractivity contribution in [2.75, 3.05) is 31.1 Å². The number of hydrogen-bond acceptors (Lipinski definition) is 7. The Kier molecular flexibility index (Phi) is 5.52. The molecule has 10 heteroatoms. The van der Waals surface area contributed by atoms with Gasteiger partial charge in [0.1, 0.15) is 28.6 Å². The number of fused-ring (bicyclic) bond motifs is 1. The summed E-state index contributed by atoms with van der Waals surface area (Å²) in [7, 11) is 0. The summed E-state index contributed by atoms with van der Waals surface area (Å²) >= 11 is 1.58. The molecule has 4 aromatic rings. The van der Waals surface area contributed by atoms with Gasteiger partial charge in [-0.1, -0.05) is 0 Å². The second-order valence-corrected chi connectivity index (χ2v) is 8.34. The molecule has 1 amide bonds. The van der Waals surface area contributed by atoms with Crippen LogP contribution in [0.15, 0.2) is 46.6 Å². The van der Waals surface area contributed by atoms with Crippen molar-refractivity contribution in [2.24, 2.45) is 0 Å². The molecule has 0 unspecified atom stereocenters. The number of nitrogens with zero attached hydrogens (tertiary/aromatic N) is 5. The van der Waals surface area contributed by atoms with E-state index in [0.717, 1.165) is 28.2 Å². The molecule has 0 N–H and O–H groups in total. The van der Waals surface area contributed by atoms with Crippen molar-refractivity contribution < 1.29 is 18.0 Å². The number of halogens is 2. The molecular weight excluding hydrogens is 436 g/mol. The SMILES string of the molecule is O=C(CCc1ncc(-c2ccc(F)cc2F)o1)N1CCN(c2ncnc3sccc23)CC1. The molecule has 0 atom stereocenters. The largest absolute Gasteiger partial charge is 0.441 e. The van der Waals surface area contributed by atoms with Gasteiger partial charge in [0.25, 0.3) is 0 Å². The summed E-state index contributed by atoms with van der Waals surface area (Å²) in [6, 6.07) is 5.29. The zero-order valence-corrected chi connectivity index (χ0v) is 17.8. The molecular formula is C22H19F2N5O2S. The summed E-state index contributed by atoms with van der Waals surface area (Å²) in [5.74, 6) is 0.102. The van der Waals surface area contributed by atoms with Gasteiger partial charge in [-0.15, -0.1) is 11.3 Å². The number of hydrogen-bond donors (Lipinski definition) is 0. The molecule has 1 fully saturated rings. The Morgan fingerprint density at radius 1 is 1.09 bits per heavy atom. The number of amides is 1. The summed E-state index contributed by atoms with van der Waals surface area (Å²) in [6.45, 7) is 2.60. The first-order valence-electron chi connectivity index (χ1n) is 10.2. The quantitative estimate of drug-likeness (QED) is 0.454. The van der Waals surface area contributed by atoms with Gasteiger partial charge in [-0.05, 0) is 23.6 Å². The van der Waals surface area contributed by atoms with Crippen molar-refractivity contribution in [1.29, 1.82) is 0 Å². The molecule has 4 heterocycles. The van der Waals surface area contributed by atoms with Gasteiger partial charge in [0.05, 0.1) is 17.1 Å². The summed E-state index contributed by atoms with van der Waals surface area (Å²) < 4.78 is 32.6. The van der Waals surface area contributed by atoms with Gasteiger partial charge in [-0.3, -0.25) is 4.79 Å². The zero-order chi connectivity index (χ0) is 22.1. The topological polar surface area (TPSA) is 75.4 Å². The molecule has 0 radical (unpaired) electrons. The van der Waals surface area contributed by atoms with E-state index in [9.17, 15) is 13.6 Å². The third-order valence-electron chi connectivity index (χ3n) is 5.48. The van der Waals surface area contributed by atoms with Crippen LogP contribution in [0.5, 0.6) is 0 Å². The highest BCUT2D eigenvalue weighted by atomic mass is 32.1. The number of oxazole rings is 1. The minimum Gasteiger partial charge on any atom is -0.441 e. The van der Waals surface area contributed by atoms with Gasteiger partial charge in [-0.25, -0.2) is 23.7 Å². The monoisotopic (exact) mass is 455 g/mol. The van der Waals surface area contributed by atoms with Crippen LogP contribution in [0.25, 0.3) is 21.5 Å². The highest BCUT2D eigenvalue weighted by Crippen LogP contribution is 2.28. The van der Waals surface area contributed by atoms with Crippen LogP contribution in [0.2, 0.25) is 0 Å². The number of anilines is 1. The van der Waals surface area contributed by atoms with Crippen molar-refractivity contribution in [3.63, 3.8) is 0 Å². The van der Waals surface area contributed by atoms with Crippen LogP contribution in [0, 0.1) is 11.6 Å². The van der Waals surface area contributed by atoms with Gasteiger partial charge in [0, 0.05) is 45.1 Å². The standard InChI is InChI=1S/C22H19F2N5O2S/c23-14-1-2-15(17(24)11-14)18-12-25-19(31-18)3-4-20(30)28-6-8-29(9-7-28)21-16-5-10-32-22(16)27-13-26-21/h1-2,5,10-13H,3-4,6-9H2. The first kappa shape index (κ1) is 20.5. The molecule has 164 valence electrons. The number of aryl methyl sites for hydroxylation is 1. The smallest absolute Gasteiger partial charge is 0.223 e. The number of carbonyl (C=O) groups excluding carboxylic acids is 1. The fourth-order valence-electron chi connectivity index (χ4n) is 3.81. The molecule has 0 bridgehead atoms. The zero-order valence-electron chi connectivity index (χ0n) is 17.0. The lowest BCUT2D eigenvalue weighted by atomic mass is 10.2. The van der Waals surface area contributed by atoms with E-state index >= 15 is 0 Å². The molecule has 7 nitrogen and oxygen atoms in total. The molecule has 32 heavy (non-hydrogen) atoms. The third kappa shape index (κ3) is 4.05. The maximum absolute atomic E-state index is 13.9. The van der Waals surface area contributed by atoms with Crippen LogP contribution in [0.1, 0.15) is 12.3 Å². The number of piperazine rings is 1. The van der Waals surface area contributed by atoms with Crippen LogP contribution in [0.3, 0.4) is 0 Å². The van der Waals surface area contributed by atoms with Gasteiger partial charge < -0.3 is 14.2 Å². The predicted octanol–water partition coefficient (Wildman–Crippen LogP) is 3.91. The molecule has 5 rings (SSSR count). The van der Waals surface area contributed by atoms with Crippen molar-refractivity contribution in [3.05, 3.63) is 59.7 Å². The first-order valence-corrected chi connectivity index (χ1v) is 11.1. The normalized spacial score (nSPS) is 14.3. The Labute approximate surface area is 186 Å². The van der Waals surface area contributed by atoms with Gasteiger partial charge in [0.2, 0.25) is 5.91 Å². The van der Waals surface area contributed by atoms with E-state index in [1.54, 1.807) is 17.7 Å². The van der Waals surface area contributed by atoms with E-state index in [4.69, 9.17) is 4.42 Å². The minimum atomic E-state index is -0.718. The molecule has 0 saturated carbocycles. The van der Waals surface area contributed by atoms with Crippen molar-refractivity contribution in [2.45, 2.75) is 12.8 Å². The van der Waals surface area contributed by atoms with Crippen LogP contribution < -0.4 is 4.90 Å². The summed E-state index contributed by atoms with van der Waals surface area (Å²) in [4.78, 5) is 30.5. The molecule has 0 aliphatic carbocycles. The maximum Gasteiger partial charge on any atom is 0.223 e. The van der Waals surface area contributed by atoms with Crippen LogP contribution in [-0.4, -0.2) is 51.9 Å². The number of thiophene rings is 1. The number of carbonyl (C=O) groups is 1. The van der Waals surface area contributed by atoms with Crippen molar-refractivity contribution in [1.82, 2.24) is 19.9 Å². The number of benzene rings is 1. The molecule has 1 saturated heterocycles. The lowest BCUT2D eigenvalue weighted by molar-refractivity contribution is -0.131. The van der Waals surface area contributed by atoms with E-state index in [1.807, 2.05) is 16.3 Å². The maximum atomic E-state index is 13.9. The molecule has 1 aliphatic rings. The third-order valence-corrected chi connectivity index (χ3v) is 6.30. The Morgan fingerprint density at radius 3 is 2.75 bits per heavy atom. The van der Waals surface area contributed by atoms with Gasteiger partial charge in [0.15, 0.2) is 11.7 Å². The fourth-order valence-corrected chi connectivity index (χ4v) is 4.54. The molecule has 3 aromatic heterocycles. The average molecular weight is 455 g/mol. The average Bonchev–Trinajstić information content (AvgIpc) is 3.47. The second kappa shape index (κ2) is 8.62. The van der Waals surface area contributed by atoms with E-state index in [-0.39, 0.29) is 23.7 Å².